The molecule has 17 heavy (non-hydrogen) atoms. The molecule has 0 radical (unpaired) electrons. The first kappa shape index (κ1) is 12.9. The van der Waals surface area contributed by atoms with Gasteiger partial charge in [0.2, 0.25) is 0 Å². The number of piperidine rings is 1. The van der Waals surface area contributed by atoms with Gasteiger partial charge in [-0.15, -0.1) is 0 Å². The molecule has 1 heterocycles. The Bertz CT molecular complexity index is 376. The molecule has 0 aliphatic carbocycles. The average molecular weight is 297 g/mol. The van der Waals surface area contributed by atoms with Crippen LogP contribution in [0.4, 0.5) is 5.69 Å². The van der Waals surface area contributed by atoms with E-state index in [0.29, 0.717) is 0 Å². The topological polar surface area (TPSA) is 29.3 Å². The molecule has 0 spiro atoms. The van der Waals surface area contributed by atoms with Gasteiger partial charge < -0.3 is 10.6 Å². The zero-order valence-corrected chi connectivity index (χ0v) is 12.0. The van der Waals surface area contributed by atoms with Crippen LogP contribution in [0.15, 0.2) is 22.7 Å². The lowest BCUT2D eigenvalue weighted by Gasteiger charge is -2.34. The highest BCUT2D eigenvalue weighted by atomic mass is 79.9. The van der Waals surface area contributed by atoms with Crippen molar-refractivity contribution < 1.29 is 0 Å². The minimum absolute atomic E-state index is 0.776. The van der Waals surface area contributed by atoms with Crippen molar-refractivity contribution in [3.63, 3.8) is 0 Å². The molecule has 3 heteroatoms. The molecule has 1 aliphatic heterocycles. The van der Waals surface area contributed by atoms with Crippen LogP contribution in [0.25, 0.3) is 0 Å². The summed E-state index contributed by atoms with van der Waals surface area (Å²) >= 11 is 3.56. The molecule has 1 fully saturated rings. The summed E-state index contributed by atoms with van der Waals surface area (Å²) in [6, 6.07) is 6.63. The molecule has 0 aromatic heterocycles. The maximum atomic E-state index is 5.66. The second-order valence-electron chi connectivity index (χ2n) is 4.97. The highest BCUT2D eigenvalue weighted by molar-refractivity contribution is 9.10. The van der Waals surface area contributed by atoms with Gasteiger partial charge in [-0.3, -0.25) is 0 Å². The molecule has 2 N–H and O–H groups in total. The Hall–Kier alpha value is -0.540. The average Bonchev–Trinajstić information content (AvgIpc) is 2.33. The molecule has 1 unspecified atom stereocenters. The van der Waals surface area contributed by atoms with Crippen molar-refractivity contribution in [1.82, 2.24) is 0 Å². The van der Waals surface area contributed by atoms with E-state index in [1.165, 1.54) is 35.1 Å². The highest BCUT2D eigenvalue weighted by Crippen LogP contribution is 2.27. The lowest BCUT2D eigenvalue weighted by Crippen LogP contribution is -2.36. The standard InChI is InChI=1S/C14H21BrN2/c1-11-9-13(4-5-14(11)15)17-8-2-3-12(10-17)6-7-16/h4-5,9,12H,2-3,6-8,10,16H2,1H3. The predicted octanol–water partition coefficient (Wildman–Crippen LogP) is 3.32. The van der Waals surface area contributed by atoms with Crippen molar-refractivity contribution in [2.45, 2.75) is 26.2 Å². The second kappa shape index (κ2) is 5.87. The quantitative estimate of drug-likeness (QED) is 0.927. The van der Waals surface area contributed by atoms with Gasteiger partial charge in [-0.25, -0.2) is 0 Å². The van der Waals surface area contributed by atoms with Crippen LogP contribution in [0.1, 0.15) is 24.8 Å². The molecular weight excluding hydrogens is 276 g/mol. The van der Waals surface area contributed by atoms with E-state index in [0.717, 1.165) is 25.4 Å². The van der Waals surface area contributed by atoms with Crippen LogP contribution in [0.2, 0.25) is 0 Å². The normalized spacial score (nSPS) is 20.6. The Labute approximate surface area is 112 Å². The van der Waals surface area contributed by atoms with E-state index in [1.54, 1.807) is 0 Å². The molecule has 1 atom stereocenters. The lowest BCUT2D eigenvalue weighted by atomic mass is 9.94. The predicted molar refractivity (Wildman–Crippen MR) is 77.5 cm³/mol. The molecule has 1 aromatic rings. The van der Waals surface area contributed by atoms with Gasteiger partial charge in [0.15, 0.2) is 0 Å². The minimum Gasteiger partial charge on any atom is -0.371 e. The minimum atomic E-state index is 0.776. The first-order valence-corrected chi connectivity index (χ1v) is 7.21. The summed E-state index contributed by atoms with van der Waals surface area (Å²) < 4.78 is 1.19. The summed E-state index contributed by atoms with van der Waals surface area (Å²) in [6.45, 7) is 5.31. The zero-order valence-electron chi connectivity index (χ0n) is 10.5. The van der Waals surface area contributed by atoms with Crippen molar-refractivity contribution in [3.05, 3.63) is 28.2 Å². The van der Waals surface area contributed by atoms with Gasteiger partial charge in [-0.1, -0.05) is 15.9 Å². The fraction of sp³-hybridized carbons (Fsp3) is 0.571. The van der Waals surface area contributed by atoms with E-state index < -0.39 is 0 Å². The lowest BCUT2D eigenvalue weighted by molar-refractivity contribution is 0.396. The molecular formula is C14H21BrN2. The van der Waals surface area contributed by atoms with E-state index in [4.69, 9.17) is 5.73 Å². The van der Waals surface area contributed by atoms with Gasteiger partial charge in [0.05, 0.1) is 0 Å². The third-order valence-electron chi connectivity index (χ3n) is 3.60. The SMILES string of the molecule is Cc1cc(N2CCCC(CCN)C2)ccc1Br. The first-order chi connectivity index (χ1) is 8.20. The van der Waals surface area contributed by atoms with Gasteiger partial charge in [-0.2, -0.15) is 0 Å². The molecule has 2 rings (SSSR count). The Kier molecular flexibility index (Phi) is 4.46. The molecule has 94 valence electrons. The van der Waals surface area contributed by atoms with Crippen LogP contribution in [0.5, 0.6) is 0 Å². The first-order valence-electron chi connectivity index (χ1n) is 6.42. The molecule has 1 aromatic carbocycles. The van der Waals surface area contributed by atoms with Gasteiger partial charge in [-0.05, 0) is 62.4 Å². The van der Waals surface area contributed by atoms with E-state index in [-0.39, 0.29) is 0 Å². The Morgan fingerprint density at radius 1 is 1.47 bits per heavy atom. The Morgan fingerprint density at radius 2 is 2.29 bits per heavy atom. The molecule has 1 aliphatic rings. The summed E-state index contributed by atoms with van der Waals surface area (Å²) in [4.78, 5) is 2.50. The fourth-order valence-electron chi connectivity index (χ4n) is 2.60. The van der Waals surface area contributed by atoms with Crippen molar-refractivity contribution in [1.29, 1.82) is 0 Å². The smallest absolute Gasteiger partial charge is 0.0369 e. The maximum Gasteiger partial charge on any atom is 0.0369 e. The van der Waals surface area contributed by atoms with Gasteiger partial charge in [0, 0.05) is 23.2 Å². The molecule has 0 amide bonds. The van der Waals surface area contributed by atoms with E-state index in [1.807, 2.05) is 0 Å². The number of anilines is 1. The monoisotopic (exact) mass is 296 g/mol. The largest absolute Gasteiger partial charge is 0.371 e. The molecule has 0 saturated carbocycles. The number of rotatable bonds is 3. The molecule has 0 bridgehead atoms. The van der Waals surface area contributed by atoms with Crippen molar-refractivity contribution in [2.24, 2.45) is 11.7 Å². The van der Waals surface area contributed by atoms with E-state index in [9.17, 15) is 0 Å². The third-order valence-corrected chi connectivity index (χ3v) is 4.49. The number of hydrogen-bond acceptors (Lipinski definition) is 2. The van der Waals surface area contributed by atoms with E-state index in [2.05, 4.69) is 46.0 Å². The molecule has 2 nitrogen and oxygen atoms in total. The summed E-state index contributed by atoms with van der Waals surface area (Å²) in [7, 11) is 0. The summed E-state index contributed by atoms with van der Waals surface area (Å²) in [5.74, 6) is 0.776. The number of nitrogens with two attached hydrogens (primary N) is 1. The fourth-order valence-corrected chi connectivity index (χ4v) is 2.84. The zero-order chi connectivity index (χ0) is 12.3. The van der Waals surface area contributed by atoms with Crippen LogP contribution in [-0.2, 0) is 0 Å². The van der Waals surface area contributed by atoms with Crippen LogP contribution in [-0.4, -0.2) is 19.6 Å². The Balaban J connectivity index is 2.08. The number of halogens is 1. The van der Waals surface area contributed by atoms with Crippen LogP contribution >= 0.6 is 15.9 Å². The molecule has 1 saturated heterocycles. The van der Waals surface area contributed by atoms with Crippen molar-refractivity contribution in [2.75, 3.05) is 24.5 Å². The second-order valence-corrected chi connectivity index (χ2v) is 5.82. The van der Waals surface area contributed by atoms with Gasteiger partial charge >= 0.3 is 0 Å². The van der Waals surface area contributed by atoms with Crippen LogP contribution < -0.4 is 10.6 Å². The number of benzene rings is 1. The van der Waals surface area contributed by atoms with Crippen LogP contribution in [0, 0.1) is 12.8 Å². The van der Waals surface area contributed by atoms with E-state index >= 15 is 0 Å². The summed E-state index contributed by atoms with van der Waals surface area (Å²) in [6.07, 6.45) is 3.79. The highest BCUT2D eigenvalue weighted by Gasteiger charge is 2.19. The maximum absolute atomic E-state index is 5.66. The Morgan fingerprint density at radius 3 is 3.00 bits per heavy atom. The van der Waals surface area contributed by atoms with Crippen molar-refractivity contribution in [3.8, 4) is 0 Å². The third kappa shape index (κ3) is 3.23. The number of aryl methyl sites for hydroxylation is 1. The van der Waals surface area contributed by atoms with Gasteiger partial charge in [0.1, 0.15) is 0 Å². The summed E-state index contributed by atoms with van der Waals surface area (Å²) in [5.41, 5.74) is 8.33. The summed E-state index contributed by atoms with van der Waals surface area (Å²) in [5, 5.41) is 0. The number of hydrogen-bond donors (Lipinski definition) is 1. The number of nitrogens with zero attached hydrogens (tertiary/aromatic N) is 1. The van der Waals surface area contributed by atoms with Crippen LogP contribution in [0.3, 0.4) is 0 Å². The van der Waals surface area contributed by atoms with Crippen molar-refractivity contribution >= 4 is 21.6 Å². The van der Waals surface area contributed by atoms with Gasteiger partial charge in [0.25, 0.3) is 0 Å².